The molecule has 2 rings (SSSR count). The van der Waals surface area contributed by atoms with Crippen LogP contribution in [0, 0.1) is 5.92 Å². The van der Waals surface area contributed by atoms with Gasteiger partial charge in [-0.1, -0.05) is 37.6 Å². The van der Waals surface area contributed by atoms with Crippen LogP contribution in [0.3, 0.4) is 0 Å². The number of amides is 1. The molecule has 0 aliphatic carbocycles. The van der Waals surface area contributed by atoms with Crippen molar-refractivity contribution in [2.24, 2.45) is 5.92 Å². The molecule has 0 aliphatic heterocycles. The normalized spacial score (nSPS) is 12.0. The monoisotopic (exact) mass is 331 g/mol. The molecule has 4 heteroatoms. The first kappa shape index (κ1) is 17.4. The summed E-state index contributed by atoms with van der Waals surface area (Å²) in [6.45, 7) is 4.29. The summed E-state index contributed by atoms with van der Waals surface area (Å²) >= 11 is 5.87. The quantitative estimate of drug-likeness (QED) is 0.820. The molecule has 1 amide bonds. The van der Waals surface area contributed by atoms with E-state index in [2.05, 4.69) is 19.2 Å². The number of nitrogens with one attached hydrogen (secondary N) is 1. The van der Waals surface area contributed by atoms with E-state index in [1.807, 2.05) is 24.3 Å². The molecule has 23 heavy (non-hydrogen) atoms. The third-order valence-corrected chi connectivity index (χ3v) is 3.89. The molecule has 0 aliphatic rings. The number of ether oxygens (including phenoxy) is 1. The number of hydrogen-bond donors (Lipinski definition) is 1. The van der Waals surface area contributed by atoms with Crippen LogP contribution in [0.25, 0.3) is 0 Å². The van der Waals surface area contributed by atoms with E-state index in [0.29, 0.717) is 16.5 Å². The zero-order chi connectivity index (χ0) is 16.8. The van der Waals surface area contributed by atoms with E-state index in [1.165, 1.54) is 0 Å². The van der Waals surface area contributed by atoms with Gasteiger partial charge in [0.1, 0.15) is 5.75 Å². The van der Waals surface area contributed by atoms with E-state index in [0.717, 1.165) is 17.7 Å². The van der Waals surface area contributed by atoms with Gasteiger partial charge in [0.25, 0.3) is 5.91 Å². The molecule has 0 spiro atoms. The Kier molecular flexibility index (Phi) is 6.05. The zero-order valence-corrected chi connectivity index (χ0v) is 14.4. The minimum atomic E-state index is -0.0943. The van der Waals surface area contributed by atoms with Crippen molar-refractivity contribution < 1.29 is 9.53 Å². The molecule has 0 heterocycles. The number of benzene rings is 2. The van der Waals surface area contributed by atoms with Crippen LogP contribution < -0.4 is 10.1 Å². The molecule has 0 saturated carbocycles. The lowest BCUT2D eigenvalue weighted by molar-refractivity contribution is 0.0932. The van der Waals surface area contributed by atoms with Crippen LogP contribution in [0.5, 0.6) is 5.75 Å². The topological polar surface area (TPSA) is 38.3 Å². The van der Waals surface area contributed by atoms with E-state index >= 15 is 0 Å². The van der Waals surface area contributed by atoms with Crippen LogP contribution in [0.4, 0.5) is 0 Å². The Morgan fingerprint density at radius 1 is 1.09 bits per heavy atom. The zero-order valence-electron chi connectivity index (χ0n) is 13.7. The van der Waals surface area contributed by atoms with E-state index in [4.69, 9.17) is 16.3 Å². The van der Waals surface area contributed by atoms with E-state index in [9.17, 15) is 4.79 Å². The van der Waals surface area contributed by atoms with Crippen LogP contribution in [-0.4, -0.2) is 13.0 Å². The van der Waals surface area contributed by atoms with Crippen molar-refractivity contribution in [3.63, 3.8) is 0 Å². The van der Waals surface area contributed by atoms with Crippen LogP contribution in [0.2, 0.25) is 5.02 Å². The molecule has 0 fully saturated rings. The van der Waals surface area contributed by atoms with Gasteiger partial charge in [-0.3, -0.25) is 4.79 Å². The van der Waals surface area contributed by atoms with Crippen molar-refractivity contribution >= 4 is 17.5 Å². The molecule has 1 N–H and O–H groups in total. The fourth-order valence-corrected chi connectivity index (χ4v) is 2.55. The van der Waals surface area contributed by atoms with Gasteiger partial charge in [-0.2, -0.15) is 0 Å². The van der Waals surface area contributed by atoms with Gasteiger partial charge in [0.05, 0.1) is 13.2 Å². The second kappa shape index (κ2) is 8.02. The SMILES string of the molecule is COc1ccc([C@@H](CC(C)C)NC(=O)c2ccc(Cl)cc2)cc1. The molecule has 0 bridgehead atoms. The highest BCUT2D eigenvalue weighted by Gasteiger charge is 2.17. The second-order valence-corrected chi connectivity index (χ2v) is 6.37. The number of methoxy groups -OCH3 is 1. The average Bonchev–Trinajstić information content (AvgIpc) is 2.54. The van der Waals surface area contributed by atoms with Gasteiger partial charge in [0.2, 0.25) is 0 Å². The number of hydrogen-bond acceptors (Lipinski definition) is 2. The van der Waals surface area contributed by atoms with Crippen molar-refractivity contribution in [2.75, 3.05) is 7.11 Å². The fraction of sp³-hybridized carbons (Fsp3) is 0.316. The van der Waals surface area contributed by atoms with Gasteiger partial charge in [-0.15, -0.1) is 0 Å². The Bertz CT molecular complexity index is 635. The van der Waals surface area contributed by atoms with Gasteiger partial charge in [-0.25, -0.2) is 0 Å². The van der Waals surface area contributed by atoms with E-state index in [1.54, 1.807) is 31.4 Å². The van der Waals surface area contributed by atoms with Crippen molar-refractivity contribution in [3.8, 4) is 5.75 Å². The van der Waals surface area contributed by atoms with Gasteiger partial charge in [0, 0.05) is 10.6 Å². The van der Waals surface area contributed by atoms with Crippen molar-refractivity contribution in [2.45, 2.75) is 26.3 Å². The molecule has 2 aromatic rings. The van der Waals surface area contributed by atoms with Gasteiger partial charge in [0.15, 0.2) is 0 Å². The number of rotatable bonds is 6. The molecule has 0 saturated heterocycles. The smallest absolute Gasteiger partial charge is 0.251 e. The summed E-state index contributed by atoms with van der Waals surface area (Å²) in [5, 5.41) is 3.74. The van der Waals surface area contributed by atoms with Gasteiger partial charge >= 0.3 is 0 Å². The molecule has 3 nitrogen and oxygen atoms in total. The molecule has 122 valence electrons. The Hall–Kier alpha value is -2.00. The fourth-order valence-electron chi connectivity index (χ4n) is 2.43. The molecule has 0 unspecified atom stereocenters. The van der Waals surface area contributed by atoms with E-state index in [-0.39, 0.29) is 11.9 Å². The van der Waals surface area contributed by atoms with Crippen molar-refractivity contribution in [3.05, 3.63) is 64.7 Å². The highest BCUT2D eigenvalue weighted by Crippen LogP contribution is 2.24. The molecule has 2 aromatic carbocycles. The standard InChI is InChI=1S/C19H22ClNO2/c1-13(2)12-18(14-6-10-17(23-3)11-7-14)21-19(22)15-4-8-16(20)9-5-15/h4-11,13,18H,12H2,1-3H3,(H,21,22)/t18-/m1/s1. The van der Waals surface area contributed by atoms with Crippen molar-refractivity contribution in [1.29, 1.82) is 0 Å². The maximum absolute atomic E-state index is 12.5. The number of halogens is 1. The molecular weight excluding hydrogens is 310 g/mol. The van der Waals surface area contributed by atoms with Crippen LogP contribution >= 0.6 is 11.6 Å². The molecular formula is C19H22ClNO2. The Labute approximate surface area is 142 Å². The summed E-state index contributed by atoms with van der Waals surface area (Å²) in [4.78, 5) is 12.5. The maximum atomic E-state index is 12.5. The highest BCUT2D eigenvalue weighted by atomic mass is 35.5. The first-order valence-corrected chi connectivity index (χ1v) is 8.07. The summed E-state index contributed by atoms with van der Waals surface area (Å²) in [5.41, 5.74) is 1.68. The van der Waals surface area contributed by atoms with Gasteiger partial charge < -0.3 is 10.1 Å². The lowest BCUT2D eigenvalue weighted by atomic mass is 9.96. The maximum Gasteiger partial charge on any atom is 0.251 e. The first-order valence-electron chi connectivity index (χ1n) is 7.70. The third-order valence-electron chi connectivity index (χ3n) is 3.64. The minimum absolute atomic E-state index is 0.0379. The lowest BCUT2D eigenvalue weighted by Gasteiger charge is -2.21. The number of carbonyl (C=O) groups excluding carboxylic acids is 1. The Balaban J connectivity index is 2.17. The summed E-state index contributed by atoms with van der Waals surface area (Å²) in [6, 6.07) is 14.7. The average molecular weight is 332 g/mol. The molecule has 0 aromatic heterocycles. The van der Waals surface area contributed by atoms with Crippen molar-refractivity contribution in [1.82, 2.24) is 5.32 Å². The largest absolute Gasteiger partial charge is 0.497 e. The lowest BCUT2D eigenvalue weighted by Crippen LogP contribution is -2.29. The van der Waals surface area contributed by atoms with Crippen LogP contribution in [0.1, 0.15) is 42.2 Å². The number of carbonyl (C=O) groups is 1. The Morgan fingerprint density at radius 3 is 2.22 bits per heavy atom. The summed E-state index contributed by atoms with van der Waals surface area (Å²) in [6.07, 6.45) is 0.867. The summed E-state index contributed by atoms with van der Waals surface area (Å²) in [5.74, 6) is 1.18. The predicted molar refractivity (Wildman–Crippen MR) is 94.1 cm³/mol. The second-order valence-electron chi connectivity index (χ2n) is 5.94. The summed E-state index contributed by atoms with van der Waals surface area (Å²) < 4.78 is 5.19. The first-order chi connectivity index (χ1) is 11.0. The summed E-state index contributed by atoms with van der Waals surface area (Å²) in [7, 11) is 1.64. The van der Waals surface area contributed by atoms with E-state index < -0.39 is 0 Å². The van der Waals surface area contributed by atoms with Gasteiger partial charge in [-0.05, 0) is 54.3 Å². The predicted octanol–water partition coefficient (Wildman–Crippen LogP) is 4.87. The Morgan fingerprint density at radius 2 is 1.70 bits per heavy atom. The van der Waals surface area contributed by atoms with Crippen LogP contribution in [0.15, 0.2) is 48.5 Å². The third kappa shape index (κ3) is 5.00. The molecule has 0 radical (unpaired) electrons. The van der Waals surface area contributed by atoms with Crippen LogP contribution in [-0.2, 0) is 0 Å². The minimum Gasteiger partial charge on any atom is -0.497 e. The molecule has 1 atom stereocenters. The highest BCUT2D eigenvalue weighted by molar-refractivity contribution is 6.30.